The number of phenolic OH excluding ortho intramolecular Hbond substituents is 1. The highest BCUT2D eigenvalue weighted by atomic mass is 35.5. The van der Waals surface area contributed by atoms with E-state index < -0.39 is 0 Å². The number of phenols is 1. The molecule has 0 atom stereocenters. The molecule has 0 saturated carbocycles. The van der Waals surface area contributed by atoms with Gasteiger partial charge in [-0.25, -0.2) is 10.4 Å². The fourth-order valence-electron chi connectivity index (χ4n) is 2.33. The van der Waals surface area contributed by atoms with Gasteiger partial charge in [-0.1, -0.05) is 23.7 Å². The van der Waals surface area contributed by atoms with Crippen molar-refractivity contribution < 1.29 is 14.6 Å². The number of hydrazone groups is 1. The van der Waals surface area contributed by atoms with Gasteiger partial charge in [0.1, 0.15) is 6.54 Å². The van der Waals surface area contributed by atoms with Gasteiger partial charge in [-0.05, 0) is 29.8 Å². The number of amides is 1. The van der Waals surface area contributed by atoms with Gasteiger partial charge in [0.2, 0.25) is 0 Å². The number of fused-ring (bicyclic) bond motifs is 1. The van der Waals surface area contributed by atoms with Crippen LogP contribution < -0.4 is 10.2 Å². The Bertz CT molecular complexity index is 952. The maximum Gasteiger partial charge on any atom is 0.260 e. The molecule has 8 heteroatoms. The molecule has 0 spiro atoms. The molecule has 0 fully saturated rings. The van der Waals surface area contributed by atoms with E-state index in [1.54, 1.807) is 17.0 Å². The van der Waals surface area contributed by atoms with Gasteiger partial charge in [-0.15, -0.1) is 0 Å². The van der Waals surface area contributed by atoms with Crippen LogP contribution in [0.4, 0.5) is 0 Å². The van der Waals surface area contributed by atoms with Crippen molar-refractivity contribution in [3.8, 4) is 11.5 Å². The van der Waals surface area contributed by atoms with E-state index in [0.29, 0.717) is 5.56 Å². The first-order valence-electron chi connectivity index (χ1n) is 7.37. The summed E-state index contributed by atoms with van der Waals surface area (Å²) >= 11 is 5.90. The maximum atomic E-state index is 12.0. The summed E-state index contributed by atoms with van der Waals surface area (Å²) in [6, 6.07) is 10.6. The monoisotopic (exact) mass is 358 g/mol. The molecule has 0 unspecified atom stereocenters. The lowest BCUT2D eigenvalue weighted by Gasteiger charge is -2.06. The molecule has 2 N–H and O–H groups in total. The molecule has 0 radical (unpaired) electrons. The molecule has 0 bridgehead atoms. The Balaban J connectivity index is 1.66. The van der Waals surface area contributed by atoms with Crippen LogP contribution in [0.1, 0.15) is 5.56 Å². The Hall–Kier alpha value is -3.06. The first-order valence-corrected chi connectivity index (χ1v) is 7.74. The lowest BCUT2D eigenvalue weighted by molar-refractivity contribution is -0.121. The number of hydrogen-bond donors (Lipinski definition) is 2. The van der Waals surface area contributed by atoms with Crippen molar-refractivity contribution in [1.82, 2.24) is 15.0 Å². The molecule has 0 aliphatic rings. The normalized spacial score (nSPS) is 11.1. The number of imidazole rings is 1. The summed E-state index contributed by atoms with van der Waals surface area (Å²) in [6.45, 7) is 0.0948. The Morgan fingerprint density at radius 1 is 1.44 bits per heavy atom. The van der Waals surface area contributed by atoms with E-state index >= 15 is 0 Å². The van der Waals surface area contributed by atoms with E-state index in [1.165, 1.54) is 19.4 Å². The van der Waals surface area contributed by atoms with Crippen LogP contribution in [0.3, 0.4) is 0 Å². The van der Waals surface area contributed by atoms with Crippen LogP contribution in [-0.2, 0) is 11.3 Å². The number of halogens is 1. The van der Waals surface area contributed by atoms with Crippen LogP contribution in [0, 0.1) is 0 Å². The lowest BCUT2D eigenvalue weighted by Crippen LogP contribution is -2.22. The third-order valence-electron chi connectivity index (χ3n) is 3.51. The van der Waals surface area contributed by atoms with E-state index in [9.17, 15) is 9.90 Å². The summed E-state index contributed by atoms with van der Waals surface area (Å²) in [5, 5.41) is 13.7. The van der Waals surface area contributed by atoms with E-state index in [-0.39, 0.29) is 29.0 Å². The summed E-state index contributed by atoms with van der Waals surface area (Å²) in [4.78, 5) is 16.3. The molecule has 0 aliphatic carbocycles. The van der Waals surface area contributed by atoms with Crippen molar-refractivity contribution in [1.29, 1.82) is 0 Å². The summed E-state index contributed by atoms with van der Waals surface area (Å²) in [5.74, 6) is -0.209. The molecule has 3 rings (SSSR count). The van der Waals surface area contributed by atoms with Gasteiger partial charge in [0.05, 0.1) is 35.7 Å². The number of benzene rings is 2. The molecule has 3 aromatic rings. The maximum absolute atomic E-state index is 12.0. The first kappa shape index (κ1) is 16.8. The number of hydrogen-bond acceptors (Lipinski definition) is 5. The molecule has 128 valence electrons. The van der Waals surface area contributed by atoms with Crippen LogP contribution in [0.25, 0.3) is 11.0 Å². The average molecular weight is 359 g/mol. The predicted octanol–water partition coefficient (Wildman–Crippen LogP) is 2.55. The van der Waals surface area contributed by atoms with Crippen molar-refractivity contribution in [3.63, 3.8) is 0 Å². The summed E-state index contributed by atoms with van der Waals surface area (Å²) in [6.07, 6.45) is 3.02. The quantitative estimate of drug-likeness (QED) is 0.542. The first-order chi connectivity index (χ1) is 12.1. The fraction of sp³-hybridized carbons (Fsp3) is 0.118. The van der Waals surface area contributed by atoms with Crippen molar-refractivity contribution in [2.75, 3.05) is 7.11 Å². The van der Waals surface area contributed by atoms with Crippen LogP contribution in [0.5, 0.6) is 11.5 Å². The van der Waals surface area contributed by atoms with Gasteiger partial charge in [-0.2, -0.15) is 5.10 Å². The second kappa shape index (κ2) is 7.23. The van der Waals surface area contributed by atoms with Gasteiger partial charge >= 0.3 is 0 Å². The third-order valence-corrected chi connectivity index (χ3v) is 3.80. The highest BCUT2D eigenvalue weighted by Crippen LogP contribution is 2.34. The molecule has 1 amide bonds. The number of carbonyl (C=O) groups is 1. The average Bonchev–Trinajstić information content (AvgIpc) is 3.01. The Kier molecular flexibility index (Phi) is 4.85. The summed E-state index contributed by atoms with van der Waals surface area (Å²) in [7, 11) is 1.42. The molecule has 7 nitrogen and oxygen atoms in total. The zero-order chi connectivity index (χ0) is 17.8. The molecule has 0 saturated heterocycles. The second-order valence-corrected chi connectivity index (χ2v) is 5.62. The van der Waals surface area contributed by atoms with E-state index in [1.807, 2.05) is 24.3 Å². The van der Waals surface area contributed by atoms with Crippen LogP contribution in [-0.4, -0.2) is 33.9 Å². The van der Waals surface area contributed by atoms with Crippen LogP contribution >= 0.6 is 11.6 Å². The van der Waals surface area contributed by atoms with Gasteiger partial charge < -0.3 is 14.4 Å². The summed E-state index contributed by atoms with van der Waals surface area (Å²) in [5.41, 5.74) is 4.71. The highest BCUT2D eigenvalue weighted by molar-refractivity contribution is 6.32. The number of carbonyl (C=O) groups excluding carboxylic acids is 1. The largest absolute Gasteiger partial charge is 0.503 e. The number of aromatic nitrogens is 2. The second-order valence-electron chi connectivity index (χ2n) is 5.21. The molecular weight excluding hydrogens is 344 g/mol. The van der Waals surface area contributed by atoms with Crippen molar-refractivity contribution in [2.45, 2.75) is 6.54 Å². The zero-order valence-electron chi connectivity index (χ0n) is 13.3. The number of para-hydroxylation sites is 2. The van der Waals surface area contributed by atoms with Gasteiger partial charge in [0, 0.05) is 0 Å². The molecule has 0 aliphatic heterocycles. The molecule has 1 aromatic heterocycles. The minimum Gasteiger partial charge on any atom is -0.503 e. The van der Waals surface area contributed by atoms with Crippen LogP contribution in [0.2, 0.25) is 5.02 Å². The number of methoxy groups -OCH3 is 1. The zero-order valence-corrected chi connectivity index (χ0v) is 14.1. The van der Waals surface area contributed by atoms with E-state index in [0.717, 1.165) is 11.0 Å². The summed E-state index contributed by atoms with van der Waals surface area (Å²) < 4.78 is 6.75. The number of ether oxygens (including phenoxy) is 1. The topological polar surface area (TPSA) is 88.7 Å². The van der Waals surface area contributed by atoms with Gasteiger partial charge in [0.15, 0.2) is 11.5 Å². The van der Waals surface area contributed by atoms with Gasteiger partial charge in [-0.3, -0.25) is 4.79 Å². The Labute approximate surface area is 148 Å². The minimum absolute atomic E-state index is 0.0948. The fourth-order valence-corrected chi connectivity index (χ4v) is 2.55. The molecule has 1 heterocycles. The van der Waals surface area contributed by atoms with Crippen molar-refractivity contribution >= 4 is 34.8 Å². The lowest BCUT2D eigenvalue weighted by atomic mass is 10.2. The highest BCUT2D eigenvalue weighted by Gasteiger charge is 2.08. The standard InChI is InChI=1S/C17H15ClN4O3/c1-25-15-7-11(6-12(18)17(15)24)8-20-21-16(23)9-22-10-19-13-4-2-3-5-14(13)22/h2-8,10,24H,9H2,1H3,(H,21,23)/b20-8+. The minimum atomic E-state index is -0.295. The van der Waals surface area contributed by atoms with Crippen molar-refractivity contribution in [2.24, 2.45) is 5.10 Å². The third kappa shape index (κ3) is 3.72. The molecule has 2 aromatic carbocycles. The smallest absolute Gasteiger partial charge is 0.260 e. The van der Waals surface area contributed by atoms with E-state index in [2.05, 4.69) is 15.5 Å². The molecule has 25 heavy (non-hydrogen) atoms. The van der Waals surface area contributed by atoms with Gasteiger partial charge in [0.25, 0.3) is 5.91 Å². The van der Waals surface area contributed by atoms with Crippen LogP contribution in [0.15, 0.2) is 47.8 Å². The molecular formula is C17H15ClN4O3. The number of nitrogens with one attached hydrogen (secondary N) is 1. The number of rotatable bonds is 5. The Morgan fingerprint density at radius 2 is 2.24 bits per heavy atom. The Morgan fingerprint density at radius 3 is 3.04 bits per heavy atom. The number of aromatic hydroxyl groups is 1. The van der Waals surface area contributed by atoms with E-state index in [4.69, 9.17) is 16.3 Å². The van der Waals surface area contributed by atoms with Crippen molar-refractivity contribution in [3.05, 3.63) is 53.3 Å². The SMILES string of the molecule is COc1cc(/C=N/NC(=O)Cn2cnc3ccccc32)cc(Cl)c1O. The number of nitrogens with zero attached hydrogens (tertiary/aromatic N) is 3. The predicted molar refractivity (Wildman–Crippen MR) is 95.1 cm³/mol.